The number of carbonyl (C=O) groups is 4. The van der Waals surface area contributed by atoms with Crippen LogP contribution in [0.4, 0.5) is 3.89 Å². The van der Waals surface area contributed by atoms with Gasteiger partial charge in [-0.1, -0.05) is 54.4 Å². The van der Waals surface area contributed by atoms with Crippen LogP contribution in [0.25, 0.3) is 0 Å². The third-order valence-electron chi connectivity index (χ3n) is 6.21. The molecule has 0 heterocycles. The molecule has 0 fully saturated rings. The second-order valence-electron chi connectivity index (χ2n) is 10.2. The van der Waals surface area contributed by atoms with Crippen LogP contribution in [-0.4, -0.2) is 73.2 Å². The molecule has 0 radical (unpaired) electrons. The maximum absolute atomic E-state index is 13.3. The summed E-state index contributed by atoms with van der Waals surface area (Å²) in [6.45, 7) is 13.3. The van der Waals surface area contributed by atoms with Gasteiger partial charge in [-0.15, -0.1) is 3.89 Å². The van der Waals surface area contributed by atoms with Crippen LogP contribution in [0, 0.1) is 17.8 Å². The van der Waals surface area contributed by atoms with Gasteiger partial charge in [0, 0.05) is 13.0 Å². The van der Waals surface area contributed by atoms with Gasteiger partial charge in [-0.05, 0) is 31.1 Å². The van der Waals surface area contributed by atoms with Gasteiger partial charge in [0.15, 0.2) is 0 Å². The molecule has 5 N–H and O–H groups in total. The van der Waals surface area contributed by atoms with Crippen LogP contribution in [0.3, 0.4) is 0 Å². The summed E-state index contributed by atoms with van der Waals surface area (Å²) in [5.74, 6) is -4.19. The first-order valence-corrected chi connectivity index (χ1v) is 14.3. The smallest absolute Gasteiger partial charge is 0.304 e. The highest BCUT2D eigenvalue weighted by Crippen LogP contribution is 2.13. The van der Waals surface area contributed by atoms with Crippen LogP contribution in [0.2, 0.25) is 0 Å². The third-order valence-corrected chi connectivity index (χ3v) is 7.01. The molecule has 0 aliphatic carbocycles. The zero-order valence-electron chi connectivity index (χ0n) is 23.1. The van der Waals surface area contributed by atoms with Gasteiger partial charge in [0.25, 0.3) is 0 Å². The van der Waals surface area contributed by atoms with Crippen molar-refractivity contribution in [2.75, 3.05) is 5.75 Å². The average Bonchev–Trinajstić information content (AvgIpc) is 2.75. The van der Waals surface area contributed by atoms with Crippen molar-refractivity contribution in [2.45, 2.75) is 105 Å². The van der Waals surface area contributed by atoms with Gasteiger partial charge in [-0.3, -0.25) is 19.2 Å². The first-order chi connectivity index (χ1) is 16.9. The first kappa shape index (κ1) is 34.7. The van der Waals surface area contributed by atoms with Crippen molar-refractivity contribution in [3.8, 4) is 0 Å². The summed E-state index contributed by atoms with van der Waals surface area (Å²) < 4.78 is 35.7. The Morgan fingerprint density at radius 1 is 0.757 bits per heavy atom. The molecular weight excluding hydrogens is 507 g/mol. The number of carbonyl (C=O) groups excluding carboxylic acids is 4. The average molecular weight is 553 g/mol. The molecule has 0 bridgehead atoms. The van der Waals surface area contributed by atoms with E-state index in [2.05, 4.69) is 21.3 Å². The molecule has 0 unspecified atom stereocenters. The fourth-order valence-electron chi connectivity index (χ4n) is 3.78. The van der Waals surface area contributed by atoms with Gasteiger partial charge in [-0.2, -0.15) is 8.42 Å². The quantitative estimate of drug-likeness (QED) is 0.176. The maximum Gasteiger partial charge on any atom is 0.304 e. The van der Waals surface area contributed by atoms with E-state index in [-0.39, 0.29) is 24.2 Å². The largest absolute Gasteiger partial charge is 0.391 e. The Labute approximate surface area is 220 Å². The standard InChI is InChI=1S/C24H45FN4O7S/c1-9-14(5)19(26-17(8)31)22(32)28-20(15(6)10-2)23(33)29-21(16(7)30)24(34)27-18(11-13(3)4)12-37(25,35)36/h13-16,18-21,30H,9-12H2,1-8H3,(H,26,31)(H,27,34)(H,28,32)(H,29,33)/t14-,15-,16+,18-,19-,20-,21-/m0/s1. The molecule has 0 aliphatic rings. The van der Waals surface area contributed by atoms with Gasteiger partial charge in [0.2, 0.25) is 23.6 Å². The summed E-state index contributed by atoms with van der Waals surface area (Å²) in [4.78, 5) is 50.8. The topological polar surface area (TPSA) is 171 Å². The molecule has 0 aromatic rings. The normalized spacial score (nSPS) is 17.5. The fourth-order valence-corrected chi connectivity index (χ4v) is 4.48. The molecule has 13 heteroatoms. The molecule has 0 aromatic heterocycles. The molecule has 0 spiro atoms. The van der Waals surface area contributed by atoms with Gasteiger partial charge in [0.1, 0.15) is 23.9 Å². The van der Waals surface area contributed by atoms with Crippen molar-refractivity contribution in [2.24, 2.45) is 17.8 Å². The number of aliphatic hydroxyl groups is 1. The molecule has 216 valence electrons. The fraction of sp³-hybridized carbons (Fsp3) is 0.833. The van der Waals surface area contributed by atoms with E-state index in [1.54, 1.807) is 27.7 Å². The number of hydrogen-bond acceptors (Lipinski definition) is 7. The van der Waals surface area contributed by atoms with Crippen LogP contribution < -0.4 is 21.3 Å². The van der Waals surface area contributed by atoms with E-state index in [4.69, 9.17) is 0 Å². The zero-order chi connectivity index (χ0) is 29.1. The van der Waals surface area contributed by atoms with E-state index < -0.39 is 69.9 Å². The molecule has 0 saturated heterocycles. The van der Waals surface area contributed by atoms with Crippen molar-refractivity contribution in [3.63, 3.8) is 0 Å². The molecular formula is C24H45FN4O7S. The maximum atomic E-state index is 13.3. The van der Waals surface area contributed by atoms with E-state index in [1.165, 1.54) is 13.8 Å². The molecule has 7 atom stereocenters. The number of aliphatic hydroxyl groups excluding tert-OH is 1. The van der Waals surface area contributed by atoms with Crippen LogP contribution in [0.1, 0.15) is 74.7 Å². The third kappa shape index (κ3) is 13.2. The Morgan fingerprint density at radius 2 is 1.16 bits per heavy atom. The minimum atomic E-state index is -4.89. The lowest BCUT2D eigenvalue weighted by molar-refractivity contribution is -0.136. The number of nitrogens with one attached hydrogen (secondary N) is 4. The first-order valence-electron chi connectivity index (χ1n) is 12.7. The minimum Gasteiger partial charge on any atom is -0.391 e. The Kier molecular flexibility index (Phi) is 14.9. The summed E-state index contributed by atoms with van der Waals surface area (Å²) in [5.41, 5.74) is 0. The Morgan fingerprint density at radius 3 is 1.51 bits per heavy atom. The SMILES string of the molecule is CC[C@H](C)[C@H](NC(C)=O)C(=O)N[C@H](C(=O)N[C@H](C(=O)N[C@@H](CC(C)C)CS(=O)(=O)F)[C@@H](C)O)[C@@H](C)CC. The molecule has 0 saturated carbocycles. The van der Waals surface area contributed by atoms with Crippen molar-refractivity contribution >= 4 is 33.9 Å². The Hall–Kier alpha value is -2.28. The second-order valence-corrected chi connectivity index (χ2v) is 11.6. The minimum absolute atomic E-state index is 0.0706. The van der Waals surface area contributed by atoms with Crippen molar-refractivity contribution in [3.05, 3.63) is 0 Å². The van der Waals surface area contributed by atoms with E-state index in [1.807, 2.05) is 13.8 Å². The lowest BCUT2D eigenvalue weighted by Gasteiger charge is -2.30. The molecule has 11 nitrogen and oxygen atoms in total. The number of rotatable bonds is 16. The van der Waals surface area contributed by atoms with E-state index in [0.717, 1.165) is 0 Å². The highest BCUT2D eigenvalue weighted by Gasteiger charge is 2.35. The van der Waals surface area contributed by atoms with Crippen LogP contribution in [0.15, 0.2) is 0 Å². The van der Waals surface area contributed by atoms with Gasteiger partial charge < -0.3 is 26.4 Å². The highest BCUT2D eigenvalue weighted by atomic mass is 32.3. The summed E-state index contributed by atoms with van der Waals surface area (Å²) in [5, 5.41) is 20.3. The molecule has 0 aliphatic heterocycles. The Balaban J connectivity index is 5.81. The summed E-state index contributed by atoms with van der Waals surface area (Å²) in [6, 6.07) is -4.53. The number of hydrogen-bond donors (Lipinski definition) is 5. The lowest BCUT2D eigenvalue weighted by atomic mass is 9.94. The molecule has 0 rings (SSSR count). The summed E-state index contributed by atoms with van der Waals surface area (Å²) >= 11 is 0. The van der Waals surface area contributed by atoms with E-state index in [9.17, 15) is 36.6 Å². The molecule has 37 heavy (non-hydrogen) atoms. The Bertz CT molecular complexity index is 882. The van der Waals surface area contributed by atoms with Crippen molar-refractivity contribution in [1.82, 2.24) is 21.3 Å². The van der Waals surface area contributed by atoms with Crippen molar-refractivity contribution < 1.29 is 36.6 Å². The predicted octanol–water partition coefficient (Wildman–Crippen LogP) is 0.764. The second kappa shape index (κ2) is 15.9. The number of halogens is 1. The summed E-state index contributed by atoms with van der Waals surface area (Å²) in [7, 11) is -4.89. The lowest BCUT2D eigenvalue weighted by Crippen LogP contribution is -2.61. The molecule has 4 amide bonds. The van der Waals surface area contributed by atoms with E-state index >= 15 is 0 Å². The van der Waals surface area contributed by atoms with Crippen LogP contribution in [0.5, 0.6) is 0 Å². The van der Waals surface area contributed by atoms with Gasteiger partial charge in [0.05, 0.1) is 6.10 Å². The predicted molar refractivity (Wildman–Crippen MR) is 138 cm³/mol. The van der Waals surface area contributed by atoms with Gasteiger partial charge in [-0.25, -0.2) is 0 Å². The van der Waals surface area contributed by atoms with Crippen LogP contribution in [-0.2, 0) is 29.4 Å². The highest BCUT2D eigenvalue weighted by molar-refractivity contribution is 7.86. The van der Waals surface area contributed by atoms with Gasteiger partial charge >= 0.3 is 10.2 Å². The van der Waals surface area contributed by atoms with Crippen LogP contribution >= 0.6 is 0 Å². The summed E-state index contributed by atoms with van der Waals surface area (Å²) in [6.07, 6.45) is -0.148. The number of amides is 4. The monoisotopic (exact) mass is 552 g/mol. The molecule has 0 aromatic carbocycles. The van der Waals surface area contributed by atoms with Crippen molar-refractivity contribution in [1.29, 1.82) is 0 Å². The zero-order valence-corrected chi connectivity index (χ0v) is 23.9. The van der Waals surface area contributed by atoms with E-state index in [0.29, 0.717) is 12.8 Å².